The predicted molar refractivity (Wildman–Crippen MR) is 93.8 cm³/mol. The Morgan fingerprint density at radius 1 is 1.09 bits per heavy atom. The molecule has 23 heavy (non-hydrogen) atoms. The molecule has 0 radical (unpaired) electrons. The first-order chi connectivity index (χ1) is 10.9. The molecule has 4 aliphatic rings. The molecule has 0 aliphatic heterocycles. The Bertz CT molecular complexity index is 626. The molecule has 0 amide bonds. The number of carbonyl (C=O) groups is 1. The van der Waals surface area contributed by atoms with E-state index in [9.17, 15) is 4.79 Å². The number of halogens is 1. The van der Waals surface area contributed by atoms with Crippen molar-refractivity contribution in [1.82, 2.24) is 0 Å². The Kier molecular flexibility index (Phi) is 3.51. The summed E-state index contributed by atoms with van der Waals surface area (Å²) in [5.41, 5.74) is 1.62. The molecule has 0 bridgehead atoms. The largest absolute Gasteiger partial charge is 0.299 e. The smallest absolute Gasteiger partial charge is 0.139 e. The fourth-order valence-corrected chi connectivity index (χ4v) is 7.11. The minimum Gasteiger partial charge on any atom is -0.299 e. The lowest BCUT2D eigenvalue weighted by atomic mass is 9.47. The van der Waals surface area contributed by atoms with Crippen LogP contribution in [0.25, 0.3) is 0 Å². The number of ketones is 1. The second-order valence-corrected chi connectivity index (χ2v) is 9.36. The van der Waals surface area contributed by atoms with Gasteiger partial charge in [-0.2, -0.15) is 0 Å². The molecular weight excluding hydrogens is 304 g/mol. The van der Waals surface area contributed by atoms with Gasteiger partial charge >= 0.3 is 0 Å². The van der Waals surface area contributed by atoms with Gasteiger partial charge in [0.25, 0.3) is 0 Å². The van der Waals surface area contributed by atoms with Crippen molar-refractivity contribution in [2.45, 2.75) is 65.2 Å². The summed E-state index contributed by atoms with van der Waals surface area (Å²) < 4.78 is 0. The van der Waals surface area contributed by atoms with E-state index in [1.54, 1.807) is 0 Å². The topological polar surface area (TPSA) is 17.1 Å². The highest BCUT2D eigenvalue weighted by Crippen LogP contribution is 2.65. The van der Waals surface area contributed by atoms with E-state index in [1.165, 1.54) is 18.4 Å². The third-order valence-corrected chi connectivity index (χ3v) is 8.48. The highest BCUT2D eigenvalue weighted by Gasteiger charge is 2.59. The maximum atomic E-state index is 12.5. The van der Waals surface area contributed by atoms with E-state index in [-0.39, 0.29) is 10.8 Å². The Balaban J connectivity index is 1.73. The van der Waals surface area contributed by atoms with Gasteiger partial charge in [-0.3, -0.25) is 4.79 Å². The molecule has 2 heteroatoms. The van der Waals surface area contributed by atoms with Crippen LogP contribution in [0.2, 0.25) is 0 Å². The van der Waals surface area contributed by atoms with Crippen LogP contribution < -0.4 is 0 Å². The molecule has 0 saturated heterocycles. The number of allylic oxidation sites excluding steroid dienone is 2. The minimum atomic E-state index is -0.0672. The van der Waals surface area contributed by atoms with Crippen LogP contribution in [-0.4, -0.2) is 5.78 Å². The molecule has 124 valence electrons. The molecule has 3 saturated carbocycles. The Hall–Kier alpha value is -0.740. The Morgan fingerprint density at radius 3 is 2.52 bits per heavy atom. The molecule has 4 aliphatic carbocycles. The number of terminal acetylenes is 1. The molecule has 1 unspecified atom stereocenters. The summed E-state index contributed by atoms with van der Waals surface area (Å²) in [6.07, 6.45) is 14.1. The summed E-state index contributed by atoms with van der Waals surface area (Å²) in [6, 6.07) is 0. The number of Topliss-reactive ketones (excluding diaryl/α,β-unsaturated/α-hetero) is 1. The molecule has 3 fully saturated rings. The van der Waals surface area contributed by atoms with E-state index in [0.717, 1.165) is 43.6 Å². The zero-order valence-corrected chi connectivity index (χ0v) is 15.1. The van der Waals surface area contributed by atoms with Gasteiger partial charge in [0, 0.05) is 22.8 Å². The number of carbonyl (C=O) groups excluding carboxylic acids is 1. The third kappa shape index (κ3) is 2.03. The van der Waals surface area contributed by atoms with Crippen LogP contribution in [0.3, 0.4) is 0 Å². The van der Waals surface area contributed by atoms with Gasteiger partial charge in [0.1, 0.15) is 5.78 Å². The molecule has 0 aromatic rings. The number of fused-ring (bicyclic) bond motifs is 5. The van der Waals surface area contributed by atoms with Gasteiger partial charge in [-0.15, -0.1) is 12.3 Å². The average Bonchev–Trinajstić information content (AvgIpc) is 2.83. The summed E-state index contributed by atoms with van der Waals surface area (Å²) in [4.78, 5) is 12.5. The fourth-order valence-electron chi connectivity index (χ4n) is 6.64. The van der Waals surface area contributed by atoms with Crippen LogP contribution in [0, 0.1) is 46.8 Å². The zero-order valence-electron chi connectivity index (χ0n) is 14.3. The first kappa shape index (κ1) is 15.8. The van der Waals surface area contributed by atoms with E-state index in [2.05, 4.69) is 19.8 Å². The van der Waals surface area contributed by atoms with Crippen LogP contribution in [0.5, 0.6) is 0 Å². The number of rotatable bonds is 0. The average molecular weight is 331 g/mol. The first-order valence-corrected chi connectivity index (χ1v) is 9.65. The SMILES string of the molecule is C#CC1CC[C@@]2(C)C(=C(Cl)C[C@@H]3[C@H]2CC[C@]2(C)C(=O)CC[C@@H]32)C1. The van der Waals surface area contributed by atoms with Crippen molar-refractivity contribution < 1.29 is 4.79 Å². The zero-order chi connectivity index (χ0) is 16.4. The van der Waals surface area contributed by atoms with Crippen molar-refractivity contribution in [3.05, 3.63) is 10.6 Å². The van der Waals surface area contributed by atoms with E-state index in [1.807, 2.05) is 0 Å². The molecular formula is C21H27ClO. The lowest BCUT2D eigenvalue weighted by Gasteiger charge is -2.57. The van der Waals surface area contributed by atoms with Crippen molar-refractivity contribution in [2.24, 2.45) is 34.5 Å². The molecule has 0 spiro atoms. The van der Waals surface area contributed by atoms with Gasteiger partial charge in [0.2, 0.25) is 0 Å². The van der Waals surface area contributed by atoms with Crippen LogP contribution in [0.4, 0.5) is 0 Å². The molecule has 0 heterocycles. The van der Waals surface area contributed by atoms with Crippen molar-refractivity contribution >= 4 is 17.4 Å². The second-order valence-electron chi connectivity index (χ2n) is 8.91. The highest BCUT2D eigenvalue weighted by atomic mass is 35.5. The highest BCUT2D eigenvalue weighted by molar-refractivity contribution is 6.30. The van der Waals surface area contributed by atoms with Gasteiger partial charge in [-0.1, -0.05) is 25.4 Å². The number of hydrogen-bond acceptors (Lipinski definition) is 1. The Labute approximate surface area is 145 Å². The van der Waals surface area contributed by atoms with Gasteiger partial charge in [0.05, 0.1) is 0 Å². The molecule has 0 aromatic heterocycles. The lowest BCUT2D eigenvalue weighted by Crippen LogP contribution is -2.50. The van der Waals surface area contributed by atoms with Crippen LogP contribution in [0.15, 0.2) is 10.6 Å². The Morgan fingerprint density at radius 2 is 1.78 bits per heavy atom. The fraction of sp³-hybridized carbons (Fsp3) is 0.762. The molecule has 6 atom stereocenters. The summed E-state index contributed by atoms with van der Waals surface area (Å²) in [7, 11) is 0. The maximum Gasteiger partial charge on any atom is 0.139 e. The van der Waals surface area contributed by atoms with E-state index >= 15 is 0 Å². The molecule has 1 nitrogen and oxygen atoms in total. The van der Waals surface area contributed by atoms with Crippen molar-refractivity contribution in [3.8, 4) is 12.3 Å². The van der Waals surface area contributed by atoms with Crippen molar-refractivity contribution in [3.63, 3.8) is 0 Å². The second kappa shape index (κ2) is 5.13. The van der Waals surface area contributed by atoms with Gasteiger partial charge in [-0.05, 0) is 73.7 Å². The maximum absolute atomic E-state index is 12.5. The van der Waals surface area contributed by atoms with Gasteiger partial charge < -0.3 is 0 Å². The molecule has 0 N–H and O–H groups in total. The molecule has 4 rings (SSSR count). The number of hydrogen-bond donors (Lipinski definition) is 0. The van der Waals surface area contributed by atoms with Gasteiger partial charge in [-0.25, -0.2) is 0 Å². The molecule has 0 aromatic carbocycles. The van der Waals surface area contributed by atoms with E-state index in [4.69, 9.17) is 18.0 Å². The summed E-state index contributed by atoms with van der Waals surface area (Å²) >= 11 is 6.82. The lowest BCUT2D eigenvalue weighted by molar-refractivity contribution is -0.131. The van der Waals surface area contributed by atoms with Crippen molar-refractivity contribution in [2.75, 3.05) is 0 Å². The van der Waals surface area contributed by atoms with Crippen LogP contribution in [0.1, 0.15) is 65.2 Å². The minimum absolute atomic E-state index is 0.0672. The standard InChI is InChI=1S/C21H27ClO/c1-4-13-7-9-20(2)16-8-10-21(3)15(5-6-19(21)23)14(16)12-18(22)17(20)11-13/h1,13-16H,5-12H2,2-3H3/t13?,14-,15-,16+,20+,21-/m0/s1. The van der Waals surface area contributed by atoms with Crippen molar-refractivity contribution in [1.29, 1.82) is 0 Å². The quantitative estimate of drug-likeness (QED) is 0.548. The van der Waals surface area contributed by atoms with Crippen LogP contribution >= 0.6 is 11.6 Å². The summed E-state index contributed by atoms with van der Waals surface area (Å²) in [5, 5.41) is 1.08. The summed E-state index contributed by atoms with van der Waals surface area (Å²) in [6.45, 7) is 4.67. The van der Waals surface area contributed by atoms with E-state index in [0.29, 0.717) is 29.5 Å². The predicted octanol–water partition coefficient (Wildman–Crippen LogP) is 5.33. The third-order valence-electron chi connectivity index (χ3n) is 8.09. The van der Waals surface area contributed by atoms with Gasteiger partial charge in [0.15, 0.2) is 0 Å². The monoisotopic (exact) mass is 330 g/mol. The van der Waals surface area contributed by atoms with Crippen LogP contribution in [-0.2, 0) is 4.79 Å². The first-order valence-electron chi connectivity index (χ1n) is 9.27. The summed E-state index contributed by atoms with van der Waals surface area (Å²) in [5.74, 6) is 5.68. The normalized spacial score (nSPS) is 49.2. The van der Waals surface area contributed by atoms with E-state index < -0.39 is 0 Å².